The third kappa shape index (κ3) is 3.19. The van der Waals surface area contributed by atoms with Gasteiger partial charge in [-0.15, -0.1) is 0 Å². The van der Waals surface area contributed by atoms with Gasteiger partial charge in [-0.2, -0.15) is 0 Å². The molecule has 0 radical (unpaired) electrons. The van der Waals surface area contributed by atoms with Gasteiger partial charge in [-0.1, -0.05) is 20.8 Å². The van der Waals surface area contributed by atoms with E-state index >= 15 is 0 Å². The van der Waals surface area contributed by atoms with Gasteiger partial charge >= 0.3 is 0 Å². The molecule has 0 heterocycles. The van der Waals surface area contributed by atoms with Crippen LogP contribution in [0.1, 0.15) is 34.1 Å². The Kier molecular flexibility index (Phi) is 3.49. The summed E-state index contributed by atoms with van der Waals surface area (Å²) in [5.74, 6) is 0. The van der Waals surface area contributed by atoms with E-state index in [1.165, 1.54) is 0 Å². The lowest BCUT2D eigenvalue weighted by Gasteiger charge is -2.34. The van der Waals surface area contributed by atoms with Gasteiger partial charge in [0.05, 0.1) is 0 Å². The molecule has 2 heteroatoms. The van der Waals surface area contributed by atoms with E-state index in [1.54, 1.807) is 6.92 Å². The third-order valence-corrected chi connectivity index (χ3v) is 2.41. The molecule has 0 amide bonds. The molecular formula is C9H20FN. The fourth-order valence-electron chi connectivity index (χ4n) is 0.735. The van der Waals surface area contributed by atoms with Crippen LogP contribution in [-0.4, -0.2) is 19.3 Å². The molecule has 1 N–H and O–H groups in total. The van der Waals surface area contributed by atoms with E-state index in [4.69, 9.17) is 0 Å². The van der Waals surface area contributed by atoms with E-state index < -0.39 is 5.67 Å². The molecule has 0 aromatic heterocycles. The van der Waals surface area contributed by atoms with Gasteiger partial charge in [-0.05, 0) is 32.4 Å². The molecule has 0 aliphatic rings. The topological polar surface area (TPSA) is 12.0 Å². The van der Waals surface area contributed by atoms with Gasteiger partial charge < -0.3 is 5.32 Å². The Hall–Kier alpha value is -0.110. The van der Waals surface area contributed by atoms with Gasteiger partial charge in [0.25, 0.3) is 0 Å². The lowest BCUT2D eigenvalue weighted by Crippen LogP contribution is -2.37. The molecule has 0 aliphatic carbocycles. The van der Waals surface area contributed by atoms with Crippen LogP contribution in [0.4, 0.5) is 4.39 Å². The van der Waals surface area contributed by atoms with E-state index in [-0.39, 0.29) is 5.41 Å². The summed E-state index contributed by atoms with van der Waals surface area (Å²) in [4.78, 5) is 0. The molecule has 0 saturated heterocycles. The predicted octanol–water partition coefficient (Wildman–Crippen LogP) is 2.37. The van der Waals surface area contributed by atoms with Gasteiger partial charge in [0, 0.05) is 0 Å². The van der Waals surface area contributed by atoms with Crippen LogP contribution in [-0.2, 0) is 0 Å². The molecule has 1 atom stereocenters. The monoisotopic (exact) mass is 161 g/mol. The third-order valence-electron chi connectivity index (χ3n) is 2.41. The SMILES string of the molecule is CNCCC(C)(F)C(C)(C)C. The highest BCUT2D eigenvalue weighted by Crippen LogP contribution is 2.35. The van der Waals surface area contributed by atoms with Gasteiger partial charge in [0.15, 0.2) is 0 Å². The minimum absolute atomic E-state index is 0.260. The maximum absolute atomic E-state index is 13.7. The smallest absolute Gasteiger partial charge is 0.114 e. The number of alkyl halides is 1. The lowest BCUT2D eigenvalue weighted by atomic mass is 9.77. The average Bonchev–Trinajstić information content (AvgIpc) is 1.81. The zero-order valence-electron chi connectivity index (χ0n) is 8.29. The van der Waals surface area contributed by atoms with Crippen molar-refractivity contribution in [2.45, 2.75) is 39.8 Å². The molecule has 0 spiro atoms. The first-order valence-corrected chi connectivity index (χ1v) is 4.15. The molecule has 0 aromatic rings. The van der Waals surface area contributed by atoms with Crippen molar-refractivity contribution in [3.63, 3.8) is 0 Å². The summed E-state index contributed by atoms with van der Waals surface area (Å²) in [5, 5.41) is 2.96. The zero-order valence-corrected chi connectivity index (χ0v) is 8.29. The van der Waals surface area contributed by atoms with Crippen LogP contribution in [0, 0.1) is 5.41 Å². The van der Waals surface area contributed by atoms with Crippen LogP contribution in [0.25, 0.3) is 0 Å². The van der Waals surface area contributed by atoms with Crippen LogP contribution in [0.5, 0.6) is 0 Å². The van der Waals surface area contributed by atoms with Crippen LogP contribution in [0.3, 0.4) is 0 Å². The van der Waals surface area contributed by atoms with Crippen LogP contribution < -0.4 is 5.32 Å². The minimum Gasteiger partial charge on any atom is -0.320 e. The van der Waals surface area contributed by atoms with Gasteiger partial charge in [-0.25, -0.2) is 4.39 Å². The van der Waals surface area contributed by atoms with Crippen molar-refractivity contribution in [3.05, 3.63) is 0 Å². The Bertz CT molecular complexity index is 113. The van der Waals surface area contributed by atoms with E-state index in [2.05, 4.69) is 5.32 Å². The average molecular weight is 161 g/mol. The van der Waals surface area contributed by atoms with Crippen molar-refractivity contribution in [1.82, 2.24) is 5.32 Å². The maximum atomic E-state index is 13.7. The Morgan fingerprint density at radius 2 is 1.64 bits per heavy atom. The van der Waals surface area contributed by atoms with Gasteiger partial charge in [0.1, 0.15) is 5.67 Å². The van der Waals surface area contributed by atoms with Crippen molar-refractivity contribution in [2.75, 3.05) is 13.6 Å². The Balaban J connectivity index is 4.00. The van der Waals surface area contributed by atoms with Crippen LogP contribution in [0.15, 0.2) is 0 Å². The quantitative estimate of drug-likeness (QED) is 0.670. The number of nitrogens with one attached hydrogen (secondary N) is 1. The first-order chi connectivity index (χ1) is 4.81. The van der Waals surface area contributed by atoms with E-state index in [0.29, 0.717) is 6.42 Å². The Morgan fingerprint density at radius 3 is 1.91 bits per heavy atom. The largest absolute Gasteiger partial charge is 0.320 e. The highest BCUT2D eigenvalue weighted by atomic mass is 19.1. The number of hydrogen-bond acceptors (Lipinski definition) is 1. The fourth-order valence-corrected chi connectivity index (χ4v) is 0.735. The molecular weight excluding hydrogens is 141 g/mol. The van der Waals surface area contributed by atoms with Crippen molar-refractivity contribution < 1.29 is 4.39 Å². The zero-order chi connectivity index (χ0) is 9.12. The standard InChI is InChI=1S/C9H20FN/c1-8(2,3)9(4,10)6-7-11-5/h11H,6-7H2,1-5H3. The van der Waals surface area contributed by atoms with E-state index in [1.807, 2.05) is 27.8 Å². The highest BCUT2D eigenvalue weighted by molar-refractivity contribution is 4.86. The summed E-state index contributed by atoms with van der Waals surface area (Å²) in [5.41, 5.74) is -1.33. The first kappa shape index (κ1) is 10.9. The number of rotatable bonds is 3. The van der Waals surface area contributed by atoms with Crippen molar-refractivity contribution in [3.8, 4) is 0 Å². The van der Waals surface area contributed by atoms with Crippen LogP contribution >= 0.6 is 0 Å². The maximum Gasteiger partial charge on any atom is 0.114 e. The molecule has 0 aliphatic heterocycles. The molecule has 68 valence electrons. The second-order valence-electron chi connectivity index (χ2n) is 4.30. The summed E-state index contributed by atoms with van der Waals surface area (Å²) in [7, 11) is 1.85. The molecule has 0 bridgehead atoms. The van der Waals surface area contributed by atoms with E-state index in [9.17, 15) is 4.39 Å². The molecule has 1 unspecified atom stereocenters. The van der Waals surface area contributed by atoms with Gasteiger partial charge in [-0.3, -0.25) is 0 Å². The normalized spacial score (nSPS) is 18.0. The minimum atomic E-state index is -1.07. The van der Waals surface area contributed by atoms with Crippen molar-refractivity contribution >= 4 is 0 Å². The molecule has 1 nitrogen and oxygen atoms in total. The summed E-state index contributed by atoms with van der Waals surface area (Å²) in [6, 6.07) is 0. The second-order valence-corrected chi connectivity index (χ2v) is 4.30. The number of halogens is 1. The molecule has 0 fully saturated rings. The molecule has 0 saturated carbocycles. The van der Waals surface area contributed by atoms with Crippen LogP contribution in [0.2, 0.25) is 0 Å². The first-order valence-electron chi connectivity index (χ1n) is 4.15. The summed E-state index contributed by atoms with van der Waals surface area (Å²) >= 11 is 0. The molecule has 11 heavy (non-hydrogen) atoms. The van der Waals surface area contributed by atoms with E-state index in [0.717, 1.165) is 6.54 Å². The Labute approximate surface area is 69.4 Å². The summed E-state index contributed by atoms with van der Waals surface area (Å²) < 4.78 is 13.7. The number of hydrogen-bond donors (Lipinski definition) is 1. The summed E-state index contributed by atoms with van der Waals surface area (Å²) in [6.07, 6.45) is 0.576. The molecule has 0 rings (SSSR count). The highest BCUT2D eigenvalue weighted by Gasteiger charge is 2.36. The lowest BCUT2D eigenvalue weighted by molar-refractivity contribution is 0.0403. The second kappa shape index (κ2) is 3.53. The van der Waals surface area contributed by atoms with Crippen molar-refractivity contribution in [2.24, 2.45) is 5.41 Å². The van der Waals surface area contributed by atoms with Gasteiger partial charge in [0.2, 0.25) is 0 Å². The molecule has 0 aromatic carbocycles. The predicted molar refractivity (Wildman–Crippen MR) is 47.5 cm³/mol. The summed E-state index contributed by atoms with van der Waals surface area (Å²) in [6.45, 7) is 8.21. The Morgan fingerprint density at radius 1 is 1.18 bits per heavy atom. The fraction of sp³-hybridized carbons (Fsp3) is 1.00. The van der Waals surface area contributed by atoms with Crippen molar-refractivity contribution in [1.29, 1.82) is 0 Å².